The van der Waals surface area contributed by atoms with Crippen molar-refractivity contribution in [3.8, 4) is 0 Å². The van der Waals surface area contributed by atoms with Crippen molar-refractivity contribution in [2.75, 3.05) is 5.32 Å². The quantitative estimate of drug-likeness (QED) is 0.659. The summed E-state index contributed by atoms with van der Waals surface area (Å²) in [6.45, 7) is 4.52. The van der Waals surface area contributed by atoms with Gasteiger partial charge in [0, 0.05) is 6.04 Å². The smallest absolute Gasteiger partial charge is 0.305 e. The minimum Gasteiger partial charge on any atom is -0.351 e. The molecule has 0 aliphatic heterocycles. The number of hydrogen-bond donors (Lipinski definition) is 1. The van der Waals surface area contributed by atoms with Crippen LogP contribution in [0.25, 0.3) is 0 Å². The predicted molar refractivity (Wildman–Crippen MR) is 68.3 cm³/mol. The minimum atomic E-state index is -0.493. The molecule has 1 aliphatic carbocycles. The molecule has 2 rings (SSSR count). The molecule has 1 heterocycles. The van der Waals surface area contributed by atoms with Crippen molar-refractivity contribution >= 4 is 11.6 Å². The molecule has 0 radical (unpaired) electrons. The Morgan fingerprint density at radius 3 is 2.67 bits per heavy atom. The number of hydrogen-bond acceptors (Lipinski definition) is 5. The van der Waals surface area contributed by atoms with E-state index in [0.29, 0.717) is 17.4 Å². The Morgan fingerprint density at radius 2 is 2.11 bits per heavy atom. The molecule has 0 amide bonds. The highest BCUT2D eigenvalue weighted by Crippen LogP contribution is 2.35. The van der Waals surface area contributed by atoms with Gasteiger partial charge in [-0.1, -0.05) is 20.3 Å². The summed E-state index contributed by atoms with van der Waals surface area (Å²) in [6, 6.07) is 0.357. The molecule has 0 aromatic carbocycles. The van der Waals surface area contributed by atoms with Crippen LogP contribution in [0, 0.1) is 15.5 Å². The van der Waals surface area contributed by atoms with Gasteiger partial charge in [0.05, 0.1) is 4.92 Å². The molecule has 1 unspecified atom stereocenters. The van der Waals surface area contributed by atoms with E-state index < -0.39 is 4.92 Å². The third-order valence-electron chi connectivity index (χ3n) is 3.39. The van der Waals surface area contributed by atoms with Crippen LogP contribution < -0.4 is 5.32 Å². The van der Waals surface area contributed by atoms with Gasteiger partial charge in [-0.2, -0.15) is 0 Å². The topological polar surface area (TPSA) is 81.0 Å². The van der Waals surface area contributed by atoms with Gasteiger partial charge in [-0.15, -0.1) is 0 Å². The van der Waals surface area contributed by atoms with E-state index in [0.717, 1.165) is 12.8 Å². The maximum atomic E-state index is 10.5. The van der Waals surface area contributed by atoms with Gasteiger partial charge in [0.25, 0.3) is 0 Å². The summed E-state index contributed by atoms with van der Waals surface area (Å²) >= 11 is 0. The van der Waals surface area contributed by atoms with Gasteiger partial charge in [0.15, 0.2) is 0 Å². The monoisotopic (exact) mass is 250 g/mol. The second-order valence-electron chi connectivity index (χ2n) is 5.62. The maximum Gasteiger partial charge on any atom is 0.305 e. The van der Waals surface area contributed by atoms with Gasteiger partial charge in [0.2, 0.25) is 5.95 Å². The molecule has 0 spiro atoms. The zero-order chi connectivity index (χ0) is 13.2. The lowest BCUT2D eigenvalue weighted by Gasteiger charge is -2.35. The molecule has 98 valence electrons. The Morgan fingerprint density at radius 1 is 1.44 bits per heavy atom. The lowest BCUT2D eigenvalue weighted by Crippen LogP contribution is -2.32. The molecule has 1 saturated carbocycles. The van der Waals surface area contributed by atoms with E-state index in [2.05, 4.69) is 29.1 Å². The molecular formula is C12H18N4O2. The van der Waals surface area contributed by atoms with Crippen molar-refractivity contribution < 1.29 is 4.92 Å². The summed E-state index contributed by atoms with van der Waals surface area (Å²) in [7, 11) is 0. The molecule has 1 aromatic rings. The predicted octanol–water partition coefficient (Wildman–Crippen LogP) is 2.77. The van der Waals surface area contributed by atoms with E-state index in [9.17, 15) is 10.1 Å². The third-order valence-corrected chi connectivity index (χ3v) is 3.39. The average molecular weight is 250 g/mol. The highest BCUT2D eigenvalue weighted by atomic mass is 16.6. The molecule has 1 aliphatic rings. The Labute approximate surface area is 106 Å². The highest BCUT2D eigenvalue weighted by molar-refractivity contribution is 5.31. The number of anilines is 1. The van der Waals surface area contributed by atoms with E-state index in [1.807, 2.05) is 0 Å². The van der Waals surface area contributed by atoms with Crippen molar-refractivity contribution in [1.29, 1.82) is 0 Å². The molecule has 0 saturated heterocycles. The Balaban J connectivity index is 1.99. The molecular weight excluding hydrogens is 232 g/mol. The van der Waals surface area contributed by atoms with Gasteiger partial charge in [-0.3, -0.25) is 10.1 Å². The van der Waals surface area contributed by atoms with Crippen molar-refractivity contribution in [3.05, 3.63) is 22.5 Å². The molecule has 0 bridgehead atoms. The van der Waals surface area contributed by atoms with E-state index >= 15 is 0 Å². The van der Waals surface area contributed by atoms with Crippen molar-refractivity contribution in [2.45, 2.75) is 45.6 Å². The molecule has 6 nitrogen and oxygen atoms in total. The van der Waals surface area contributed by atoms with E-state index in [-0.39, 0.29) is 5.69 Å². The van der Waals surface area contributed by atoms with Gasteiger partial charge in [0.1, 0.15) is 12.4 Å². The fourth-order valence-electron chi connectivity index (χ4n) is 2.49. The zero-order valence-corrected chi connectivity index (χ0v) is 10.7. The summed E-state index contributed by atoms with van der Waals surface area (Å²) in [5, 5.41) is 13.8. The zero-order valence-electron chi connectivity index (χ0n) is 10.7. The van der Waals surface area contributed by atoms with Crippen LogP contribution >= 0.6 is 0 Å². The van der Waals surface area contributed by atoms with Crippen LogP contribution in [0.1, 0.15) is 39.5 Å². The number of nitrogens with one attached hydrogen (secondary N) is 1. The second kappa shape index (κ2) is 4.88. The summed E-state index contributed by atoms with van der Waals surface area (Å²) < 4.78 is 0. The molecule has 1 aromatic heterocycles. The van der Waals surface area contributed by atoms with Gasteiger partial charge in [-0.25, -0.2) is 9.97 Å². The van der Waals surface area contributed by atoms with Crippen LogP contribution in [0.2, 0.25) is 0 Å². The van der Waals surface area contributed by atoms with Crippen LogP contribution in [0.3, 0.4) is 0 Å². The van der Waals surface area contributed by atoms with E-state index in [1.54, 1.807) is 0 Å². The standard InChI is InChI=1S/C12H18N4O2/c1-12(2)5-3-4-9(6-12)15-11-13-7-10(8-14-11)16(17)18/h7-9H,3-6H2,1-2H3,(H,13,14,15). The molecule has 6 heteroatoms. The lowest BCUT2D eigenvalue weighted by atomic mass is 9.75. The Bertz CT molecular complexity index is 430. The Kier molecular flexibility index (Phi) is 3.45. The maximum absolute atomic E-state index is 10.5. The van der Waals surface area contributed by atoms with Gasteiger partial charge < -0.3 is 5.32 Å². The van der Waals surface area contributed by atoms with Crippen LogP contribution in [-0.4, -0.2) is 20.9 Å². The van der Waals surface area contributed by atoms with E-state index in [4.69, 9.17) is 0 Å². The lowest BCUT2D eigenvalue weighted by molar-refractivity contribution is -0.385. The van der Waals surface area contributed by atoms with E-state index in [1.165, 1.54) is 25.2 Å². The van der Waals surface area contributed by atoms with Crippen molar-refractivity contribution in [1.82, 2.24) is 9.97 Å². The first-order chi connectivity index (χ1) is 8.46. The largest absolute Gasteiger partial charge is 0.351 e. The number of rotatable bonds is 3. The normalized spacial score (nSPS) is 22.4. The first-order valence-corrected chi connectivity index (χ1v) is 6.19. The number of nitrogens with zero attached hydrogens (tertiary/aromatic N) is 3. The molecule has 1 N–H and O–H groups in total. The Hall–Kier alpha value is -1.72. The van der Waals surface area contributed by atoms with Crippen LogP contribution in [-0.2, 0) is 0 Å². The molecule has 1 fully saturated rings. The van der Waals surface area contributed by atoms with Crippen LogP contribution in [0.15, 0.2) is 12.4 Å². The summed E-state index contributed by atoms with van der Waals surface area (Å²) in [4.78, 5) is 18.0. The SMILES string of the molecule is CC1(C)CCCC(Nc2ncc([N+](=O)[O-])cn2)C1. The third kappa shape index (κ3) is 3.15. The fraction of sp³-hybridized carbons (Fsp3) is 0.667. The summed E-state index contributed by atoms with van der Waals surface area (Å²) in [6.07, 6.45) is 7.09. The van der Waals surface area contributed by atoms with Crippen molar-refractivity contribution in [3.63, 3.8) is 0 Å². The number of aromatic nitrogens is 2. The minimum absolute atomic E-state index is 0.0791. The first-order valence-electron chi connectivity index (χ1n) is 6.19. The molecule has 18 heavy (non-hydrogen) atoms. The van der Waals surface area contributed by atoms with Crippen LogP contribution in [0.5, 0.6) is 0 Å². The summed E-state index contributed by atoms with van der Waals surface area (Å²) in [5.74, 6) is 0.475. The van der Waals surface area contributed by atoms with Crippen molar-refractivity contribution in [2.24, 2.45) is 5.41 Å². The van der Waals surface area contributed by atoms with Crippen LogP contribution in [0.4, 0.5) is 11.6 Å². The highest BCUT2D eigenvalue weighted by Gasteiger charge is 2.28. The van der Waals surface area contributed by atoms with Gasteiger partial charge in [-0.05, 0) is 24.7 Å². The summed E-state index contributed by atoms with van der Waals surface area (Å²) in [5.41, 5.74) is 0.265. The second-order valence-corrected chi connectivity index (χ2v) is 5.62. The first kappa shape index (κ1) is 12.7. The van der Waals surface area contributed by atoms with Gasteiger partial charge >= 0.3 is 5.69 Å². The average Bonchev–Trinajstić information content (AvgIpc) is 2.28. The molecule has 1 atom stereocenters. The number of nitro groups is 1. The fourth-order valence-corrected chi connectivity index (χ4v) is 2.49.